The van der Waals surface area contributed by atoms with Crippen molar-refractivity contribution in [3.63, 3.8) is 0 Å². The quantitative estimate of drug-likeness (QED) is 0.705. The number of aromatic amines is 1. The molecule has 0 fully saturated rings. The SMILES string of the molecule is Cc1ccc(Cl)c2nc(Cl)[nH]c(=O)c12. The summed E-state index contributed by atoms with van der Waals surface area (Å²) in [7, 11) is 0. The third-order valence-electron chi connectivity index (χ3n) is 1.99. The van der Waals surface area contributed by atoms with Crippen LogP contribution >= 0.6 is 23.2 Å². The smallest absolute Gasteiger partial charge is 0.260 e. The molecule has 0 amide bonds. The number of benzene rings is 1. The standard InChI is InChI=1S/C9H6Cl2N2O/c1-4-2-3-5(10)7-6(4)8(14)13-9(11)12-7/h2-3H,1H3,(H,12,13,14). The Morgan fingerprint density at radius 2 is 2.07 bits per heavy atom. The molecule has 0 atom stereocenters. The zero-order valence-corrected chi connectivity index (χ0v) is 8.78. The van der Waals surface area contributed by atoms with Crippen LogP contribution in [0.4, 0.5) is 0 Å². The van der Waals surface area contributed by atoms with Gasteiger partial charge < -0.3 is 0 Å². The van der Waals surface area contributed by atoms with Crippen molar-refractivity contribution < 1.29 is 0 Å². The second kappa shape index (κ2) is 3.26. The molecule has 0 spiro atoms. The zero-order chi connectivity index (χ0) is 10.3. The van der Waals surface area contributed by atoms with Gasteiger partial charge in [0.05, 0.1) is 15.9 Å². The average Bonchev–Trinajstić information content (AvgIpc) is 2.10. The summed E-state index contributed by atoms with van der Waals surface area (Å²) in [6.45, 7) is 1.82. The summed E-state index contributed by atoms with van der Waals surface area (Å²) in [6.07, 6.45) is 0. The van der Waals surface area contributed by atoms with Gasteiger partial charge in [0.25, 0.3) is 5.56 Å². The predicted octanol–water partition coefficient (Wildman–Crippen LogP) is 2.54. The number of aryl methyl sites for hydroxylation is 1. The van der Waals surface area contributed by atoms with E-state index in [1.165, 1.54) is 0 Å². The molecular weight excluding hydrogens is 223 g/mol. The highest BCUT2D eigenvalue weighted by Gasteiger charge is 2.08. The van der Waals surface area contributed by atoms with Gasteiger partial charge >= 0.3 is 0 Å². The van der Waals surface area contributed by atoms with Gasteiger partial charge in [-0.25, -0.2) is 4.98 Å². The molecule has 0 aliphatic heterocycles. The Balaban J connectivity index is 3.08. The van der Waals surface area contributed by atoms with Crippen molar-refractivity contribution in [2.75, 3.05) is 0 Å². The van der Waals surface area contributed by atoms with Gasteiger partial charge in [0.2, 0.25) is 5.28 Å². The minimum absolute atomic E-state index is 0.0509. The van der Waals surface area contributed by atoms with Gasteiger partial charge in [0, 0.05) is 0 Å². The summed E-state index contributed by atoms with van der Waals surface area (Å²) in [4.78, 5) is 17.9. The lowest BCUT2D eigenvalue weighted by atomic mass is 10.1. The fourth-order valence-electron chi connectivity index (χ4n) is 1.34. The fraction of sp³-hybridized carbons (Fsp3) is 0.111. The highest BCUT2D eigenvalue weighted by molar-refractivity contribution is 6.35. The third-order valence-corrected chi connectivity index (χ3v) is 2.47. The molecule has 0 aliphatic rings. The third kappa shape index (κ3) is 1.38. The van der Waals surface area contributed by atoms with Crippen LogP contribution in [0.3, 0.4) is 0 Å². The van der Waals surface area contributed by atoms with Crippen LogP contribution in [0.15, 0.2) is 16.9 Å². The molecular formula is C9H6Cl2N2O. The van der Waals surface area contributed by atoms with E-state index in [0.717, 1.165) is 5.56 Å². The Bertz CT molecular complexity index is 562. The van der Waals surface area contributed by atoms with Crippen molar-refractivity contribution in [2.24, 2.45) is 0 Å². The van der Waals surface area contributed by atoms with Gasteiger partial charge in [-0.05, 0) is 30.2 Å². The monoisotopic (exact) mass is 228 g/mol. The second-order valence-corrected chi connectivity index (χ2v) is 3.71. The molecule has 0 unspecified atom stereocenters. The van der Waals surface area contributed by atoms with Gasteiger partial charge in [-0.2, -0.15) is 0 Å². The van der Waals surface area contributed by atoms with Gasteiger partial charge in [-0.15, -0.1) is 0 Å². The van der Waals surface area contributed by atoms with Gasteiger partial charge in [-0.3, -0.25) is 9.78 Å². The Hall–Kier alpha value is -1.06. The molecule has 5 heteroatoms. The molecule has 0 saturated heterocycles. The number of hydrogen-bond donors (Lipinski definition) is 1. The first-order valence-electron chi connectivity index (χ1n) is 3.94. The van der Waals surface area contributed by atoms with E-state index < -0.39 is 0 Å². The maximum absolute atomic E-state index is 11.5. The lowest BCUT2D eigenvalue weighted by molar-refractivity contribution is 1.17. The van der Waals surface area contributed by atoms with Crippen molar-refractivity contribution in [2.45, 2.75) is 6.92 Å². The Morgan fingerprint density at radius 3 is 2.79 bits per heavy atom. The van der Waals surface area contributed by atoms with Crippen molar-refractivity contribution in [3.8, 4) is 0 Å². The summed E-state index contributed by atoms with van der Waals surface area (Å²) in [5.74, 6) is 0. The normalized spacial score (nSPS) is 10.8. The first-order valence-corrected chi connectivity index (χ1v) is 4.70. The van der Waals surface area contributed by atoms with Gasteiger partial charge in [-0.1, -0.05) is 17.7 Å². The van der Waals surface area contributed by atoms with Crippen molar-refractivity contribution in [3.05, 3.63) is 38.4 Å². The van der Waals surface area contributed by atoms with Gasteiger partial charge in [0.15, 0.2) is 0 Å². The largest absolute Gasteiger partial charge is 0.297 e. The number of nitrogens with one attached hydrogen (secondary N) is 1. The fourth-order valence-corrected chi connectivity index (χ4v) is 1.71. The van der Waals surface area contributed by atoms with Crippen LogP contribution in [0.5, 0.6) is 0 Å². The van der Waals surface area contributed by atoms with E-state index in [1.54, 1.807) is 12.1 Å². The Labute approximate surface area is 89.7 Å². The van der Waals surface area contributed by atoms with Crippen molar-refractivity contribution in [1.82, 2.24) is 9.97 Å². The van der Waals surface area contributed by atoms with E-state index >= 15 is 0 Å². The van der Waals surface area contributed by atoms with E-state index in [1.807, 2.05) is 6.92 Å². The summed E-state index contributed by atoms with van der Waals surface area (Å²) < 4.78 is 0. The van der Waals surface area contributed by atoms with Crippen molar-refractivity contribution in [1.29, 1.82) is 0 Å². The minimum Gasteiger partial charge on any atom is -0.297 e. The van der Waals surface area contributed by atoms with Crippen LogP contribution in [0.2, 0.25) is 10.3 Å². The molecule has 14 heavy (non-hydrogen) atoms. The molecule has 1 aromatic carbocycles. The van der Waals surface area contributed by atoms with E-state index in [4.69, 9.17) is 23.2 Å². The maximum atomic E-state index is 11.5. The summed E-state index contributed by atoms with van der Waals surface area (Å²) in [5, 5.41) is 0.968. The Kier molecular flexibility index (Phi) is 2.21. The number of aromatic nitrogens is 2. The lowest BCUT2D eigenvalue weighted by Crippen LogP contribution is -2.09. The van der Waals surface area contributed by atoms with E-state index in [-0.39, 0.29) is 10.8 Å². The van der Waals surface area contributed by atoms with Crippen LogP contribution in [0.25, 0.3) is 10.9 Å². The molecule has 1 heterocycles. The number of fused-ring (bicyclic) bond motifs is 1. The predicted molar refractivity (Wildman–Crippen MR) is 57.1 cm³/mol. The lowest BCUT2D eigenvalue weighted by Gasteiger charge is -2.02. The van der Waals surface area contributed by atoms with Crippen LogP contribution < -0.4 is 5.56 Å². The minimum atomic E-state index is -0.264. The molecule has 0 saturated carbocycles. The number of H-pyrrole nitrogens is 1. The van der Waals surface area contributed by atoms with Crippen LogP contribution in [-0.4, -0.2) is 9.97 Å². The van der Waals surface area contributed by atoms with E-state index in [9.17, 15) is 4.79 Å². The molecule has 2 rings (SSSR count). The number of rotatable bonds is 0. The summed E-state index contributed by atoms with van der Waals surface area (Å²) >= 11 is 11.5. The topological polar surface area (TPSA) is 45.8 Å². The molecule has 0 radical (unpaired) electrons. The molecule has 1 aromatic heterocycles. The summed E-state index contributed by atoms with van der Waals surface area (Å²) in [5.41, 5.74) is 1.01. The highest BCUT2D eigenvalue weighted by atomic mass is 35.5. The van der Waals surface area contributed by atoms with Crippen molar-refractivity contribution >= 4 is 34.1 Å². The van der Waals surface area contributed by atoms with Crippen LogP contribution in [0, 0.1) is 6.92 Å². The number of halogens is 2. The second-order valence-electron chi connectivity index (χ2n) is 2.94. The highest BCUT2D eigenvalue weighted by Crippen LogP contribution is 2.22. The zero-order valence-electron chi connectivity index (χ0n) is 7.27. The molecule has 0 aliphatic carbocycles. The maximum Gasteiger partial charge on any atom is 0.260 e. The number of hydrogen-bond acceptors (Lipinski definition) is 2. The first kappa shape index (κ1) is 9.49. The molecule has 0 bridgehead atoms. The molecule has 1 N–H and O–H groups in total. The first-order chi connectivity index (χ1) is 6.59. The van der Waals surface area contributed by atoms with E-state index in [0.29, 0.717) is 15.9 Å². The van der Waals surface area contributed by atoms with E-state index in [2.05, 4.69) is 9.97 Å². The average molecular weight is 229 g/mol. The van der Waals surface area contributed by atoms with Gasteiger partial charge in [0.1, 0.15) is 0 Å². The van der Waals surface area contributed by atoms with Crippen LogP contribution in [-0.2, 0) is 0 Å². The molecule has 72 valence electrons. The molecule has 3 nitrogen and oxygen atoms in total. The Morgan fingerprint density at radius 1 is 1.36 bits per heavy atom. The molecule has 2 aromatic rings. The summed E-state index contributed by atoms with van der Waals surface area (Å²) in [6, 6.07) is 3.47. The van der Waals surface area contributed by atoms with Crippen LogP contribution in [0.1, 0.15) is 5.56 Å². The number of nitrogens with zero attached hydrogens (tertiary/aromatic N) is 1.